The first-order valence-electron chi connectivity index (χ1n) is 7.10. The van der Waals surface area contributed by atoms with Crippen LogP contribution in [0.4, 0.5) is 0 Å². The van der Waals surface area contributed by atoms with Gasteiger partial charge in [0.05, 0.1) is 5.56 Å². The fourth-order valence-electron chi connectivity index (χ4n) is 2.81. The second-order valence-electron chi connectivity index (χ2n) is 5.18. The lowest BCUT2D eigenvalue weighted by Crippen LogP contribution is -2.38. The SMILES string of the molecule is CSc1ncccc1C(=O)N1CCC(c2ccsc2)CC1. The van der Waals surface area contributed by atoms with Crippen molar-refractivity contribution in [2.75, 3.05) is 19.3 Å². The minimum atomic E-state index is 0.121. The first kappa shape index (κ1) is 14.6. The second-order valence-corrected chi connectivity index (χ2v) is 6.76. The fraction of sp³-hybridized carbons (Fsp3) is 0.375. The number of carbonyl (C=O) groups excluding carboxylic acids is 1. The summed E-state index contributed by atoms with van der Waals surface area (Å²) in [6.07, 6.45) is 5.81. The molecule has 5 heteroatoms. The highest BCUT2D eigenvalue weighted by Gasteiger charge is 2.26. The van der Waals surface area contributed by atoms with Crippen LogP contribution in [0.2, 0.25) is 0 Å². The zero-order chi connectivity index (χ0) is 14.7. The first-order chi connectivity index (χ1) is 10.3. The zero-order valence-electron chi connectivity index (χ0n) is 12.0. The molecule has 3 nitrogen and oxygen atoms in total. The number of carbonyl (C=O) groups is 1. The van der Waals surface area contributed by atoms with Crippen molar-refractivity contribution >= 4 is 29.0 Å². The van der Waals surface area contributed by atoms with Crippen molar-refractivity contribution < 1.29 is 4.79 Å². The van der Waals surface area contributed by atoms with E-state index in [0.29, 0.717) is 5.92 Å². The van der Waals surface area contributed by atoms with Crippen LogP contribution in [0.5, 0.6) is 0 Å². The van der Waals surface area contributed by atoms with Gasteiger partial charge < -0.3 is 4.90 Å². The Kier molecular flexibility index (Phi) is 4.60. The molecule has 1 amide bonds. The minimum absolute atomic E-state index is 0.121. The number of hydrogen-bond acceptors (Lipinski definition) is 4. The van der Waals surface area contributed by atoms with E-state index in [1.807, 2.05) is 23.3 Å². The van der Waals surface area contributed by atoms with Crippen molar-refractivity contribution in [2.45, 2.75) is 23.8 Å². The summed E-state index contributed by atoms with van der Waals surface area (Å²) in [5, 5.41) is 5.19. The average Bonchev–Trinajstić information content (AvgIpc) is 3.09. The van der Waals surface area contributed by atoms with Gasteiger partial charge in [-0.25, -0.2) is 4.98 Å². The predicted molar refractivity (Wildman–Crippen MR) is 88.2 cm³/mol. The van der Waals surface area contributed by atoms with E-state index in [9.17, 15) is 4.79 Å². The van der Waals surface area contributed by atoms with E-state index in [1.54, 1.807) is 17.5 Å². The third kappa shape index (κ3) is 3.14. The molecule has 21 heavy (non-hydrogen) atoms. The quantitative estimate of drug-likeness (QED) is 0.805. The number of hydrogen-bond donors (Lipinski definition) is 0. The largest absolute Gasteiger partial charge is 0.339 e. The summed E-state index contributed by atoms with van der Waals surface area (Å²) in [4.78, 5) is 18.9. The highest BCUT2D eigenvalue weighted by molar-refractivity contribution is 7.98. The standard InChI is InChI=1S/C16H18N2OS2/c1-20-15-14(3-2-7-17-15)16(19)18-8-4-12(5-9-18)13-6-10-21-11-13/h2-3,6-7,10-12H,4-5,8-9H2,1H3. The molecule has 2 aromatic heterocycles. The molecule has 0 saturated carbocycles. The van der Waals surface area contributed by atoms with Crippen LogP contribution in [0, 0.1) is 0 Å². The van der Waals surface area contributed by atoms with Crippen LogP contribution >= 0.6 is 23.1 Å². The molecule has 1 aliphatic rings. The number of pyridine rings is 1. The van der Waals surface area contributed by atoms with Gasteiger partial charge in [-0.15, -0.1) is 11.8 Å². The second kappa shape index (κ2) is 6.62. The third-order valence-electron chi connectivity index (χ3n) is 3.99. The maximum absolute atomic E-state index is 12.6. The van der Waals surface area contributed by atoms with Crippen LogP contribution in [0.1, 0.15) is 34.7 Å². The van der Waals surface area contributed by atoms with Gasteiger partial charge in [0.25, 0.3) is 5.91 Å². The molecule has 2 aromatic rings. The van der Waals surface area contributed by atoms with Crippen molar-refractivity contribution in [1.29, 1.82) is 0 Å². The maximum atomic E-state index is 12.6. The Hall–Kier alpha value is -1.33. The summed E-state index contributed by atoms with van der Waals surface area (Å²) in [6.45, 7) is 1.67. The molecular weight excluding hydrogens is 300 g/mol. The Balaban J connectivity index is 1.68. The summed E-state index contributed by atoms with van der Waals surface area (Å²) in [7, 11) is 0. The Morgan fingerprint density at radius 2 is 2.19 bits per heavy atom. The number of thiophene rings is 1. The molecule has 3 rings (SSSR count). The fourth-order valence-corrected chi connectivity index (χ4v) is 4.09. The molecule has 0 aliphatic carbocycles. The van der Waals surface area contributed by atoms with Crippen LogP contribution in [-0.2, 0) is 0 Å². The molecule has 0 unspecified atom stereocenters. The van der Waals surface area contributed by atoms with Crippen LogP contribution in [-0.4, -0.2) is 35.1 Å². The average molecular weight is 318 g/mol. The number of thioether (sulfide) groups is 1. The van der Waals surface area contributed by atoms with Crippen LogP contribution < -0.4 is 0 Å². The minimum Gasteiger partial charge on any atom is -0.339 e. The van der Waals surface area contributed by atoms with Crippen molar-refractivity contribution in [2.24, 2.45) is 0 Å². The van der Waals surface area contributed by atoms with Gasteiger partial charge in [-0.3, -0.25) is 4.79 Å². The molecular formula is C16H18N2OS2. The summed E-state index contributed by atoms with van der Waals surface area (Å²) in [5.74, 6) is 0.727. The number of amides is 1. The molecule has 0 radical (unpaired) electrons. The Morgan fingerprint density at radius 1 is 1.38 bits per heavy atom. The Bertz CT molecular complexity index is 604. The van der Waals surface area contributed by atoms with Gasteiger partial charge in [0.15, 0.2) is 0 Å². The van der Waals surface area contributed by atoms with E-state index < -0.39 is 0 Å². The smallest absolute Gasteiger partial charge is 0.256 e. The number of nitrogens with zero attached hydrogens (tertiary/aromatic N) is 2. The topological polar surface area (TPSA) is 33.2 Å². The predicted octanol–water partition coefficient (Wildman–Crippen LogP) is 3.88. The van der Waals surface area contributed by atoms with E-state index in [-0.39, 0.29) is 5.91 Å². The number of piperidine rings is 1. The van der Waals surface area contributed by atoms with Crippen LogP contribution in [0.25, 0.3) is 0 Å². The molecule has 0 N–H and O–H groups in total. The molecule has 0 spiro atoms. The van der Waals surface area contributed by atoms with Crippen molar-refractivity contribution in [3.63, 3.8) is 0 Å². The van der Waals surface area contributed by atoms with E-state index >= 15 is 0 Å². The molecule has 3 heterocycles. The molecule has 1 saturated heterocycles. The normalized spacial score (nSPS) is 16.1. The molecule has 0 bridgehead atoms. The number of likely N-dealkylation sites (tertiary alicyclic amines) is 1. The zero-order valence-corrected chi connectivity index (χ0v) is 13.6. The van der Waals surface area contributed by atoms with E-state index in [2.05, 4.69) is 21.8 Å². The number of aromatic nitrogens is 1. The Morgan fingerprint density at radius 3 is 2.86 bits per heavy atom. The molecule has 1 fully saturated rings. The lowest BCUT2D eigenvalue weighted by molar-refractivity contribution is 0.0708. The lowest BCUT2D eigenvalue weighted by Gasteiger charge is -2.32. The summed E-state index contributed by atoms with van der Waals surface area (Å²) in [6, 6.07) is 5.93. The summed E-state index contributed by atoms with van der Waals surface area (Å²) in [5.41, 5.74) is 2.16. The molecule has 0 aromatic carbocycles. The monoisotopic (exact) mass is 318 g/mol. The molecule has 110 valence electrons. The molecule has 1 aliphatic heterocycles. The van der Waals surface area contributed by atoms with Crippen molar-refractivity contribution in [3.8, 4) is 0 Å². The maximum Gasteiger partial charge on any atom is 0.256 e. The first-order valence-corrected chi connectivity index (χ1v) is 9.26. The highest BCUT2D eigenvalue weighted by Crippen LogP contribution is 2.30. The van der Waals surface area contributed by atoms with Gasteiger partial charge in [-0.05, 0) is 59.5 Å². The van der Waals surface area contributed by atoms with Gasteiger partial charge in [0.1, 0.15) is 5.03 Å². The summed E-state index contributed by atoms with van der Waals surface area (Å²) < 4.78 is 0. The summed E-state index contributed by atoms with van der Waals surface area (Å²) >= 11 is 3.28. The van der Waals surface area contributed by atoms with Gasteiger partial charge in [0.2, 0.25) is 0 Å². The van der Waals surface area contributed by atoms with Gasteiger partial charge >= 0.3 is 0 Å². The Labute approximate surface area is 133 Å². The van der Waals surface area contributed by atoms with Crippen LogP contribution in [0.15, 0.2) is 40.2 Å². The highest BCUT2D eigenvalue weighted by atomic mass is 32.2. The van der Waals surface area contributed by atoms with Gasteiger partial charge in [-0.1, -0.05) is 0 Å². The number of rotatable bonds is 3. The van der Waals surface area contributed by atoms with E-state index in [1.165, 1.54) is 17.3 Å². The van der Waals surface area contributed by atoms with Gasteiger partial charge in [-0.2, -0.15) is 11.3 Å². The van der Waals surface area contributed by atoms with E-state index in [0.717, 1.165) is 36.5 Å². The van der Waals surface area contributed by atoms with Crippen molar-refractivity contribution in [1.82, 2.24) is 9.88 Å². The van der Waals surface area contributed by atoms with Gasteiger partial charge in [0, 0.05) is 19.3 Å². The lowest BCUT2D eigenvalue weighted by atomic mass is 9.91. The van der Waals surface area contributed by atoms with Crippen molar-refractivity contribution in [3.05, 3.63) is 46.3 Å². The van der Waals surface area contributed by atoms with Crippen LogP contribution in [0.3, 0.4) is 0 Å². The third-order valence-corrected chi connectivity index (χ3v) is 5.41. The van der Waals surface area contributed by atoms with E-state index in [4.69, 9.17) is 0 Å². The molecule has 0 atom stereocenters.